The lowest BCUT2D eigenvalue weighted by molar-refractivity contribution is -0.129. The Bertz CT molecular complexity index is 1030. The number of anilines is 2. The summed E-state index contributed by atoms with van der Waals surface area (Å²) in [5.41, 5.74) is 1.51. The molecule has 2 aromatic carbocycles. The highest BCUT2D eigenvalue weighted by Gasteiger charge is 2.38. The molecule has 1 aliphatic rings. The standard InChI is InChI=1S/C21H19BrF3N3O3/c1-12-6-7-13(18(29)26-11-21(23,24)25)10-16(12)27-19(30)14-8-9-28(20(14)31)17-5-3-2-4-15(17)22/h2-7,10,14H,8-9,11H2,1H3,(H,26,29)(H,27,30). The molecule has 31 heavy (non-hydrogen) atoms. The molecule has 2 N–H and O–H groups in total. The Kier molecular flexibility index (Phi) is 6.68. The van der Waals surface area contributed by atoms with Crippen LogP contribution in [0.4, 0.5) is 24.5 Å². The summed E-state index contributed by atoms with van der Waals surface area (Å²) in [6, 6.07) is 11.4. The van der Waals surface area contributed by atoms with Crippen molar-refractivity contribution in [1.82, 2.24) is 5.32 Å². The van der Waals surface area contributed by atoms with E-state index >= 15 is 0 Å². The van der Waals surface area contributed by atoms with Gasteiger partial charge in [0.1, 0.15) is 12.5 Å². The number of rotatable bonds is 5. The van der Waals surface area contributed by atoms with Crippen LogP contribution in [0.1, 0.15) is 22.3 Å². The van der Waals surface area contributed by atoms with Crippen LogP contribution in [0, 0.1) is 12.8 Å². The minimum atomic E-state index is -4.53. The fourth-order valence-corrected chi connectivity index (χ4v) is 3.73. The van der Waals surface area contributed by atoms with Crippen molar-refractivity contribution < 1.29 is 27.6 Å². The van der Waals surface area contributed by atoms with Crippen molar-refractivity contribution in [1.29, 1.82) is 0 Å². The lowest BCUT2D eigenvalue weighted by Gasteiger charge is -2.18. The van der Waals surface area contributed by atoms with E-state index in [9.17, 15) is 27.6 Å². The highest BCUT2D eigenvalue weighted by Crippen LogP contribution is 2.32. The van der Waals surface area contributed by atoms with Gasteiger partial charge in [0.15, 0.2) is 0 Å². The lowest BCUT2D eigenvalue weighted by Crippen LogP contribution is -2.34. The Morgan fingerprint density at radius 3 is 2.58 bits per heavy atom. The van der Waals surface area contributed by atoms with E-state index in [0.717, 1.165) is 4.47 Å². The average Bonchev–Trinajstić information content (AvgIpc) is 3.09. The third-order valence-electron chi connectivity index (χ3n) is 4.87. The number of halogens is 4. The normalized spacial score (nSPS) is 16.4. The minimum Gasteiger partial charge on any atom is -0.343 e. The molecule has 1 aliphatic heterocycles. The molecule has 0 aliphatic carbocycles. The first kappa shape index (κ1) is 22.8. The highest BCUT2D eigenvalue weighted by atomic mass is 79.9. The van der Waals surface area contributed by atoms with E-state index in [2.05, 4.69) is 21.2 Å². The van der Waals surface area contributed by atoms with Gasteiger partial charge in [-0.3, -0.25) is 14.4 Å². The molecule has 1 unspecified atom stereocenters. The Hall–Kier alpha value is -2.88. The highest BCUT2D eigenvalue weighted by molar-refractivity contribution is 9.10. The second-order valence-electron chi connectivity index (χ2n) is 7.10. The maximum Gasteiger partial charge on any atom is 0.405 e. The third-order valence-corrected chi connectivity index (χ3v) is 5.54. The molecule has 0 spiro atoms. The topological polar surface area (TPSA) is 78.5 Å². The molecule has 0 radical (unpaired) electrons. The number of carbonyl (C=O) groups excluding carboxylic acids is 3. The van der Waals surface area contributed by atoms with Gasteiger partial charge in [0.25, 0.3) is 5.91 Å². The van der Waals surface area contributed by atoms with Gasteiger partial charge >= 0.3 is 6.18 Å². The molecule has 2 aromatic rings. The number of hydrogen-bond acceptors (Lipinski definition) is 3. The van der Waals surface area contributed by atoms with Crippen LogP contribution in [0.3, 0.4) is 0 Å². The molecule has 6 nitrogen and oxygen atoms in total. The van der Waals surface area contributed by atoms with Crippen molar-refractivity contribution in [2.75, 3.05) is 23.3 Å². The van der Waals surface area contributed by atoms with Crippen LogP contribution in [0.25, 0.3) is 0 Å². The van der Waals surface area contributed by atoms with Crippen molar-refractivity contribution in [3.8, 4) is 0 Å². The molecule has 3 amide bonds. The van der Waals surface area contributed by atoms with Crippen LogP contribution in [-0.4, -0.2) is 37.0 Å². The van der Waals surface area contributed by atoms with Crippen LogP contribution >= 0.6 is 15.9 Å². The largest absolute Gasteiger partial charge is 0.405 e. The van der Waals surface area contributed by atoms with Gasteiger partial charge < -0.3 is 15.5 Å². The van der Waals surface area contributed by atoms with E-state index in [1.54, 1.807) is 30.4 Å². The molecular weight excluding hydrogens is 479 g/mol. The molecule has 0 saturated carbocycles. The summed E-state index contributed by atoms with van der Waals surface area (Å²) in [4.78, 5) is 39.1. The molecule has 10 heteroatoms. The maximum absolute atomic E-state index is 12.8. The molecule has 164 valence electrons. The molecule has 1 heterocycles. The maximum atomic E-state index is 12.8. The second kappa shape index (κ2) is 9.09. The van der Waals surface area contributed by atoms with Gasteiger partial charge in [-0.1, -0.05) is 18.2 Å². The summed E-state index contributed by atoms with van der Waals surface area (Å²) >= 11 is 3.40. The quantitative estimate of drug-likeness (QED) is 0.611. The summed E-state index contributed by atoms with van der Waals surface area (Å²) in [7, 11) is 0. The Labute approximate surface area is 184 Å². The number of alkyl halides is 3. The second-order valence-corrected chi connectivity index (χ2v) is 7.95. The number of nitrogens with zero attached hydrogens (tertiary/aromatic N) is 1. The van der Waals surface area contributed by atoms with E-state index in [0.29, 0.717) is 24.2 Å². The van der Waals surface area contributed by atoms with E-state index in [1.165, 1.54) is 23.1 Å². The number of benzene rings is 2. The Morgan fingerprint density at radius 1 is 1.19 bits per heavy atom. The van der Waals surface area contributed by atoms with Gasteiger partial charge in [0.05, 0.1) is 5.69 Å². The Balaban J connectivity index is 1.71. The summed E-state index contributed by atoms with van der Waals surface area (Å²) in [6.07, 6.45) is -4.21. The first-order chi connectivity index (χ1) is 14.6. The van der Waals surface area contributed by atoms with Gasteiger partial charge in [-0.25, -0.2) is 0 Å². The van der Waals surface area contributed by atoms with Crippen LogP contribution in [0.2, 0.25) is 0 Å². The number of para-hydroxylation sites is 1. The van der Waals surface area contributed by atoms with Gasteiger partial charge in [-0.05, 0) is 59.1 Å². The zero-order chi connectivity index (χ0) is 22.8. The van der Waals surface area contributed by atoms with Crippen molar-refractivity contribution in [2.24, 2.45) is 5.92 Å². The van der Waals surface area contributed by atoms with Crippen LogP contribution in [-0.2, 0) is 9.59 Å². The summed E-state index contributed by atoms with van der Waals surface area (Å²) in [6.45, 7) is 0.595. The molecule has 0 aromatic heterocycles. The predicted molar refractivity (Wildman–Crippen MR) is 113 cm³/mol. The molecule has 1 fully saturated rings. The molecule has 0 bridgehead atoms. The zero-order valence-electron chi connectivity index (χ0n) is 16.4. The van der Waals surface area contributed by atoms with Crippen LogP contribution in [0.5, 0.6) is 0 Å². The molecule has 1 atom stereocenters. The first-order valence-corrected chi connectivity index (χ1v) is 10.2. The summed E-state index contributed by atoms with van der Waals surface area (Å²) in [5.74, 6) is -2.70. The van der Waals surface area contributed by atoms with Crippen molar-refractivity contribution in [2.45, 2.75) is 19.5 Å². The van der Waals surface area contributed by atoms with Crippen molar-refractivity contribution in [3.63, 3.8) is 0 Å². The van der Waals surface area contributed by atoms with Crippen molar-refractivity contribution >= 4 is 45.0 Å². The van der Waals surface area contributed by atoms with E-state index in [-0.39, 0.29) is 17.2 Å². The fraction of sp³-hybridized carbons (Fsp3) is 0.286. The van der Waals surface area contributed by atoms with Crippen LogP contribution in [0.15, 0.2) is 46.9 Å². The number of aryl methyl sites for hydroxylation is 1. The molecular formula is C21H19BrF3N3O3. The number of hydrogen-bond donors (Lipinski definition) is 2. The smallest absolute Gasteiger partial charge is 0.343 e. The third kappa shape index (κ3) is 5.43. The number of amides is 3. The molecule has 1 saturated heterocycles. The average molecular weight is 498 g/mol. The SMILES string of the molecule is Cc1ccc(C(=O)NCC(F)(F)F)cc1NC(=O)C1CCN(c2ccccc2Br)C1=O. The van der Waals surface area contributed by atoms with Gasteiger partial charge in [0.2, 0.25) is 11.8 Å². The van der Waals surface area contributed by atoms with Gasteiger partial charge in [-0.2, -0.15) is 13.2 Å². The fourth-order valence-electron chi connectivity index (χ4n) is 3.23. The summed E-state index contributed by atoms with van der Waals surface area (Å²) < 4.78 is 37.7. The number of nitrogens with one attached hydrogen (secondary N) is 2. The van der Waals surface area contributed by atoms with Gasteiger partial charge in [-0.15, -0.1) is 0 Å². The van der Waals surface area contributed by atoms with Gasteiger partial charge in [0, 0.05) is 22.3 Å². The minimum absolute atomic E-state index is 0.0299. The monoisotopic (exact) mass is 497 g/mol. The van der Waals surface area contributed by atoms with Crippen LogP contribution < -0.4 is 15.5 Å². The van der Waals surface area contributed by atoms with E-state index in [4.69, 9.17) is 0 Å². The van der Waals surface area contributed by atoms with E-state index in [1.807, 2.05) is 6.07 Å². The zero-order valence-corrected chi connectivity index (χ0v) is 18.0. The molecule has 3 rings (SSSR count). The Morgan fingerprint density at radius 2 is 1.90 bits per heavy atom. The number of carbonyl (C=O) groups is 3. The van der Waals surface area contributed by atoms with Crippen molar-refractivity contribution in [3.05, 3.63) is 58.1 Å². The lowest BCUT2D eigenvalue weighted by atomic mass is 10.1. The first-order valence-electron chi connectivity index (χ1n) is 9.39. The van der Waals surface area contributed by atoms with E-state index < -0.39 is 30.5 Å². The predicted octanol–water partition coefficient (Wildman–Crippen LogP) is 4.04. The summed E-state index contributed by atoms with van der Waals surface area (Å²) in [5, 5.41) is 4.42.